The average molecular weight is 327 g/mol. The molecule has 0 radical (unpaired) electrons. The van der Waals surface area contributed by atoms with E-state index in [-0.39, 0.29) is 21.9 Å². The Balaban J connectivity index is 2.49. The van der Waals surface area contributed by atoms with Crippen molar-refractivity contribution in [2.45, 2.75) is 25.5 Å². The van der Waals surface area contributed by atoms with E-state index in [1.807, 2.05) is 0 Å². The topological polar surface area (TPSA) is 82.5 Å². The van der Waals surface area contributed by atoms with E-state index in [1.165, 1.54) is 12.3 Å². The van der Waals surface area contributed by atoms with Gasteiger partial charge in [0, 0.05) is 11.5 Å². The monoisotopic (exact) mass is 326 g/mol. The van der Waals surface area contributed by atoms with E-state index in [9.17, 15) is 14.1 Å². The number of rotatable bonds is 2. The smallest absolute Gasteiger partial charge is 0.257 e. The minimum atomic E-state index is -1.44. The Morgan fingerprint density at radius 3 is 2.62 bits per heavy atom. The lowest BCUT2D eigenvalue weighted by Crippen LogP contribution is -2.20. The first kappa shape index (κ1) is 15.7. The number of hydrogen-bond acceptors (Lipinski definition) is 3. The van der Waals surface area contributed by atoms with Gasteiger partial charge in [0.05, 0.1) is 27.1 Å². The fraction of sp³-hybridized carbons (Fsp3) is 0.286. The second kappa shape index (κ2) is 5.61. The Morgan fingerprint density at radius 1 is 1.33 bits per heavy atom. The summed E-state index contributed by atoms with van der Waals surface area (Å²) in [6.07, 6.45) is 1.29. The second-order valence-corrected chi connectivity index (χ2v) is 7.88. The minimum absolute atomic E-state index is 0.102. The van der Waals surface area contributed by atoms with Crippen LogP contribution in [-0.4, -0.2) is 25.3 Å². The molecule has 2 aromatic rings. The third-order valence-electron chi connectivity index (χ3n) is 2.75. The normalized spacial score (nSPS) is 13.9. The zero-order valence-electron chi connectivity index (χ0n) is 11.8. The van der Waals surface area contributed by atoms with Gasteiger partial charge in [0.15, 0.2) is 0 Å². The number of aromatic hydroxyl groups is 1. The SMILES string of the molecule is CC(C)(C)S(=O)N=Cc1cc2cc(Cl)c(O)cc2[nH]c1=O. The molecule has 1 heterocycles. The van der Waals surface area contributed by atoms with Crippen molar-refractivity contribution < 1.29 is 9.32 Å². The molecule has 21 heavy (non-hydrogen) atoms. The van der Waals surface area contributed by atoms with Gasteiger partial charge in [-0.2, -0.15) is 4.40 Å². The Bertz CT molecular complexity index is 806. The molecule has 0 saturated heterocycles. The fourth-order valence-corrected chi connectivity index (χ4v) is 2.29. The van der Waals surface area contributed by atoms with Gasteiger partial charge >= 0.3 is 0 Å². The molecule has 2 rings (SSSR count). The van der Waals surface area contributed by atoms with Gasteiger partial charge in [0.1, 0.15) is 16.7 Å². The van der Waals surface area contributed by atoms with Crippen molar-refractivity contribution in [2.75, 3.05) is 0 Å². The molecular formula is C14H15ClN2O3S. The van der Waals surface area contributed by atoms with E-state index < -0.39 is 15.7 Å². The number of aromatic amines is 1. The van der Waals surface area contributed by atoms with Crippen molar-refractivity contribution in [3.63, 3.8) is 0 Å². The van der Waals surface area contributed by atoms with E-state index in [2.05, 4.69) is 9.38 Å². The van der Waals surface area contributed by atoms with Gasteiger partial charge in [-0.3, -0.25) is 4.79 Å². The van der Waals surface area contributed by atoms with Crippen LogP contribution in [0.3, 0.4) is 0 Å². The molecule has 2 N–H and O–H groups in total. The highest BCUT2D eigenvalue weighted by Crippen LogP contribution is 2.27. The lowest BCUT2D eigenvalue weighted by molar-refractivity contribution is 0.476. The van der Waals surface area contributed by atoms with Gasteiger partial charge in [0.25, 0.3) is 5.56 Å². The molecule has 1 unspecified atom stereocenters. The number of phenolic OH excluding ortho intramolecular Hbond substituents is 1. The van der Waals surface area contributed by atoms with Crippen LogP contribution in [0.4, 0.5) is 0 Å². The Labute approximate surface area is 129 Å². The number of H-pyrrole nitrogens is 1. The van der Waals surface area contributed by atoms with Gasteiger partial charge in [-0.1, -0.05) is 11.6 Å². The number of fused-ring (bicyclic) bond motifs is 1. The molecule has 0 aliphatic rings. The molecule has 7 heteroatoms. The summed E-state index contributed by atoms with van der Waals surface area (Å²) in [5.41, 5.74) is 0.372. The van der Waals surface area contributed by atoms with E-state index >= 15 is 0 Å². The molecule has 5 nitrogen and oxygen atoms in total. The van der Waals surface area contributed by atoms with Crippen molar-refractivity contribution in [2.24, 2.45) is 4.40 Å². The lowest BCUT2D eigenvalue weighted by atomic mass is 10.1. The molecule has 0 aliphatic heterocycles. The highest BCUT2D eigenvalue weighted by molar-refractivity contribution is 7.85. The van der Waals surface area contributed by atoms with Crippen LogP contribution in [0.15, 0.2) is 27.4 Å². The Morgan fingerprint density at radius 2 is 2.00 bits per heavy atom. The summed E-state index contributed by atoms with van der Waals surface area (Å²) in [6.45, 7) is 5.40. The first-order valence-corrected chi connectivity index (χ1v) is 7.68. The molecule has 1 aromatic carbocycles. The first-order chi connectivity index (χ1) is 9.68. The van der Waals surface area contributed by atoms with Crippen LogP contribution in [-0.2, 0) is 11.0 Å². The molecule has 0 spiro atoms. The number of hydrogen-bond donors (Lipinski definition) is 2. The summed E-state index contributed by atoms with van der Waals surface area (Å²) in [7, 11) is -1.44. The largest absolute Gasteiger partial charge is 0.506 e. The van der Waals surface area contributed by atoms with Crippen LogP contribution in [0.2, 0.25) is 5.02 Å². The summed E-state index contributed by atoms with van der Waals surface area (Å²) in [4.78, 5) is 14.6. The van der Waals surface area contributed by atoms with Crippen LogP contribution in [0.1, 0.15) is 26.3 Å². The van der Waals surface area contributed by atoms with Crippen LogP contribution in [0, 0.1) is 0 Å². The zero-order chi connectivity index (χ0) is 15.8. The van der Waals surface area contributed by atoms with Crippen molar-refractivity contribution in [3.05, 3.63) is 39.1 Å². The Hall–Kier alpha value is -1.66. The van der Waals surface area contributed by atoms with Crippen LogP contribution in [0.25, 0.3) is 10.9 Å². The predicted molar refractivity (Wildman–Crippen MR) is 86.7 cm³/mol. The third kappa shape index (κ3) is 3.51. The molecule has 1 atom stereocenters. The lowest BCUT2D eigenvalue weighted by Gasteiger charge is -2.12. The average Bonchev–Trinajstić information content (AvgIpc) is 2.37. The summed E-state index contributed by atoms with van der Waals surface area (Å²) in [5, 5.41) is 10.4. The molecule has 112 valence electrons. The van der Waals surface area contributed by atoms with E-state index in [1.54, 1.807) is 32.9 Å². The fourth-order valence-electron chi connectivity index (χ4n) is 1.59. The molecular weight excluding hydrogens is 312 g/mol. The van der Waals surface area contributed by atoms with Gasteiger partial charge in [-0.25, -0.2) is 4.21 Å². The van der Waals surface area contributed by atoms with Crippen molar-refractivity contribution in [3.8, 4) is 5.75 Å². The number of pyridine rings is 1. The molecule has 1 aromatic heterocycles. The van der Waals surface area contributed by atoms with Crippen molar-refractivity contribution in [1.82, 2.24) is 4.98 Å². The third-order valence-corrected chi connectivity index (χ3v) is 4.40. The van der Waals surface area contributed by atoms with Crippen LogP contribution in [0.5, 0.6) is 5.75 Å². The van der Waals surface area contributed by atoms with Gasteiger partial charge in [-0.05, 0) is 32.9 Å². The van der Waals surface area contributed by atoms with E-state index in [0.717, 1.165) is 0 Å². The van der Waals surface area contributed by atoms with Crippen LogP contribution < -0.4 is 5.56 Å². The maximum atomic E-state index is 11.9. The quantitative estimate of drug-likeness (QED) is 0.832. The number of nitrogens with one attached hydrogen (secondary N) is 1. The van der Waals surface area contributed by atoms with Gasteiger partial charge in [0.2, 0.25) is 0 Å². The van der Waals surface area contributed by atoms with Crippen molar-refractivity contribution >= 4 is 39.7 Å². The zero-order valence-corrected chi connectivity index (χ0v) is 13.4. The van der Waals surface area contributed by atoms with Crippen LogP contribution >= 0.6 is 11.6 Å². The highest BCUT2D eigenvalue weighted by atomic mass is 35.5. The summed E-state index contributed by atoms with van der Waals surface area (Å²) in [5.74, 6) is -0.102. The molecule has 0 aliphatic carbocycles. The maximum absolute atomic E-state index is 11.9. The predicted octanol–water partition coefficient (Wildman–Crippen LogP) is 2.77. The number of halogens is 1. The maximum Gasteiger partial charge on any atom is 0.257 e. The summed E-state index contributed by atoms with van der Waals surface area (Å²) >= 11 is 5.84. The molecule has 0 amide bonds. The minimum Gasteiger partial charge on any atom is -0.506 e. The van der Waals surface area contributed by atoms with Crippen molar-refractivity contribution in [1.29, 1.82) is 0 Å². The number of benzene rings is 1. The molecule has 0 bridgehead atoms. The van der Waals surface area contributed by atoms with E-state index in [4.69, 9.17) is 11.6 Å². The standard InChI is InChI=1S/C14H15ClN2O3S/c1-14(2,3)21(20)16-7-9-4-8-5-10(15)12(18)6-11(8)17-13(9)19/h4-7,18H,1-3H3,(H,17,19). The number of nitrogens with zero attached hydrogens (tertiary/aromatic N) is 1. The molecule has 0 saturated carbocycles. The highest BCUT2D eigenvalue weighted by Gasteiger charge is 2.18. The first-order valence-electron chi connectivity index (χ1n) is 6.20. The number of aromatic nitrogens is 1. The summed E-state index contributed by atoms with van der Waals surface area (Å²) in [6, 6.07) is 4.51. The van der Waals surface area contributed by atoms with Gasteiger partial charge in [-0.15, -0.1) is 0 Å². The second-order valence-electron chi connectivity index (χ2n) is 5.54. The Kier molecular flexibility index (Phi) is 4.20. The molecule has 0 fully saturated rings. The van der Waals surface area contributed by atoms with Gasteiger partial charge < -0.3 is 10.1 Å². The number of phenols is 1. The van der Waals surface area contributed by atoms with E-state index in [0.29, 0.717) is 10.9 Å². The summed E-state index contributed by atoms with van der Waals surface area (Å²) < 4.78 is 15.3.